The molecule has 3 atom stereocenters. The number of ether oxygens (including phenoxy) is 1. The number of hydrogen-bond acceptors (Lipinski definition) is 5. The number of carbonyl (C=O) groups is 2. The van der Waals surface area contributed by atoms with Crippen LogP contribution < -0.4 is 5.32 Å². The second-order valence-electron chi connectivity index (χ2n) is 14.1. The summed E-state index contributed by atoms with van der Waals surface area (Å²) in [6, 6.07) is -0.717. The lowest BCUT2D eigenvalue weighted by molar-refractivity contribution is -0.151. The molecule has 0 aliphatic heterocycles. The van der Waals surface area contributed by atoms with Crippen molar-refractivity contribution in [2.45, 2.75) is 200 Å². The third kappa shape index (κ3) is 34.4. The van der Waals surface area contributed by atoms with Gasteiger partial charge in [0.25, 0.3) is 0 Å². The third-order valence-corrected chi connectivity index (χ3v) is 9.15. The van der Waals surface area contributed by atoms with Gasteiger partial charge in [-0.15, -0.1) is 0 Å². The van der Waals surface area contributed by atoms with E-state index in [1.165, 1.54) is 38.5 Å². The zero-order valence-electron chi connectivity index (χ0n) is 33.7. The lowest BCUT2D eigenvalue weighted by Gasteiger charge is -2.24. The van der Waals surface area contributed by atoms with Gasteiger partial charge in [0.05, 0.1) is 25.2 Å². The molecule has 0 rings (SSSR count). The number of aliphatic hydroxyl groups is 2. The smallest absolute Gasteiger partial charge is 0.306 e. The minimum atomic E-state index is -0.800. The predicted molar refractivity (Wildman–Crippen MR) is 222 cm³/mol. The van der Waals surface area contributed by atoms with Gasteiger partial charge in [-0.3, -0.25) is 9.59 Å². The zero-order chi connectivity index (χ0) is 38.2. The lowest BCUT2D eigenvalue weighted by atomic mass is 10.0. The summed E-state index contributed by atoms with van der Waals surface area (Å²) in [7, 11) is 0. The van der Waals surface area contributed by atoms with Crippen molar-refractivity contribution in [2.75, 3.05) is 6.61 Å². The standard InChI is InChI=1S/C46H79NO5/c1-4-7-10-13-16-19-21-22-24-27-30-33-36-39-46(51)52-42(37-34-31-28-26-23-20-17-14-11-8-5-2)40-45(50)47-43(41-48)44(49)38-35-32-29-25-18-15-12-9-6-3/h7-8,10-11,13-14,16-17,19-21,23,42-44,48-49H,4-6,9,12,15,18,22,24-41H2,1-3H3,(H,47,50)/b10-7+,11-8+,16-13+,17-14+,21-19-,23-20-. The maximum absolute atomic E-state index is 13.1. The van der Waals surface area contributed by atoms with Gasteiger partial charge >= 0.3 is 5.97 Å². The summed E-state index contributed by atoms with van der Waals surface area (Å²) in [6.45, 7) is 6.15. The molecule has 0 aliphatic rings. The van der Waals surface area contributed by atoms with E-state index in [9.17, 15) is 19.8 Å². The Morgan fingerprint density at radius 1 is 0.577 bits per heavy atom. The molecule has 6 nitrogen and oxygen atoms in total. The van der Waals surface area contributed by atoms with Crippen LogP contribution in [-0.4, -0.2) is 46.9 Å². The minimum absolute atomic E-state index is 0.0422. The van der Waals surface area contributed by atoms with Gasteiger partial charge in [-0.1, -0.05) is 177 Å². The first-order valence-corrected chi connectivity index (χ1v) is 21.2. The van der Waals surface area contributed by atoms with E-state index >= 15 is 0 Å². The number of hydrogen-bond donors (Lipinski definition) is 3. The van der Waals surface area contributed by atoms with Gasteiger partial charge in [0, 0.05) is 6.42 Å². The molecule has 298 valence electrons. The lowest BCUT2D eigenvalue weighted by Crippen LogP contribution is -2.46. The number of unbranched alkanes of at least 4 members (excludes halogenated alkanes) is 16. The molecule has 0 saturated carbocycles. The van der Waals surface area contributed by atoms with E-state index in [0.717, 1.165) is 96.3 Å². The molecule has 0 aliphatic carbocycles. The van der Waals surface area contributed by atoms with Gasteiger partial charge in [-0.05, 0) is 64.2 Å². The van der Waals surface area contributed by atoms with E-state index in [2.05, 4.69) is 86.8 Å². The second-order valence-corrected chi connectivity index (χ2v) is 14.1. The Hall–Kier alpha value is -2.70. The van der Waals surface area contributed by atoms with Gasteiger partial charge in [0.15, 0.2) is 0 Å². The fourth-order valence-corrected chi connectivity index (χ4v) is 5.96. The van der Waals surface area contributed by atoms with Crippen molar-refractivity contribution in [3.63, 3.8) is 0 Å². The molecule has 0 aromatic heterocycles. The quantitative estimate of drug-likeness (QED) is 0.0339. The summed E-state index contributed by atoms with van der Waals surface area (Å²) < 4.78 is 5.85. The second kappa shape index (κ2) is 39.5. The largest absolute Gasteiger partial charge is 0.462 e. The Morgan fingerprint density at radius 2 is 1.04 bits per heavy atom. The van der Waals surface area contributed by atoms with Crippen molar-refractivity contribution in [3.05, 3.63) is 72.9 Å². The van der Waals surface area contributed by atoms with Crippen LogP contribution in [-0.2, 0) is 14.3 Å². The number of amides is 1. The summed E-state index contributed by atoms with van der Waals surface area (Å²) in [5, 5.41) is 23.5. The predicted octanol–water partition coefficient (Wildman–Crippen LogP) is 11.9. The molecule has 0 fully saturated rings. The van der Waals surface area contributed by atoms with Gasteiger partial charge in [-0.25, -0.2) is 0 Å². The van der Waals surface area contributed by atoms with Crippen LogP contribution >= 0.6 is 0 Å². The van der Waals surface area contributed by atoms with Crippen LogP contribution in [0.15, 0.2) is 72.9 Å². The van der Waals surface area contributed by atoms with Gasteiger partial charge in [0.1, 0.15) is 6.10 Å². The molecule has 0 aromatic carbocycles. The molecule has 52 heavy (non-hydrogen) atoms. The highest BCUT2D eigenvalue weighted by atomic mass is 16.5. The molecule has 1 amide bonds. The third-order valence-electron chi connectivity index (χ3n) is 9.15. The Kier molecular flexibility index (Phi) is 37.5. The van der Waals surface area contributed by atoms with Gasteiger partial charge in [-0.2, -0.15) is 0 Å². The van der Waals surface area contributed by atoms with Crippen LogP contribution in [0.1, 0.15) is 181 Å². The molecule has 0 radical (unpaired) electrons. The number of aliphatic hydroxyl groups excluding tert-OH is 2. The topological polar surface area (TPSA) is 95.9 Å². The molecule has 3 unspecified atom stereocenters. The van der Waals surface area contributed by atoms with Crippen LogP contribution in [0.2, 0.25) is 0 Å². The van der Waals surface area contributed by atoms with Crippen LogP contribution in [0.5, 0.6) is 0 Å². The van der Waals surface area contributed by atoms with E-state index < -0.39 is 18.2 Å². The number of esters is 1. The van der Waals surface area contributed by atoms with Crippen LogP contribution in [0.4, 0.5) is 0 Å². The first-order valence-electron chi connectivity index (χ1n) is 21.2. The molecule has 0 spiro atoms. The summed E-state index contributed by atoms with van der Waals surface area (Å²) in [6.07, 6.45) is 48.2. The summed E-state index contributed by atoms with van der Waals surface area (Å²) in [5.74, 6) is -0.544. The van der Waals surface area contributed by atoms with Crippen molar-refractivity contribution in [1.82, 2.24) is 5.32 Å². The minimum Gasteiger partial charge on any atom is -0.462 e. The normalized spacial score (nSPS) is 14.2. The number of carbonyl (C=O) groups excluding carboxylic acids is 2. The summed E-state index contributed by atoms with van der Waals surface area (Å²) in [5.41, 5.74) is 0. The fourth-order valence-electron chi connectivity index (χ4n) is 5.96. The van der Waals surface area contributed by atoms with E-state index in [-0.39, 0.29) is 24.9 Å². The van der Waals surface area contributed by atoms with Crippen molar-refractivity contribution >= 4 is 11.9 Å². The van der Waals surface area contributed by atoms with E-state index in [1.54, 1.807) is 0 Å². The van der Waals surface area contributed by atoms with Crippen molar-refractivity contribution in [1.29, 1.82) is 0 Å². The van der Waals surface area contributed by atoms with Gasteiger partial charge in [0.2, 0.25) is 5.91 Å². The Labute approximate surface area is 320 Å². The number of allylic oxidation sites excluding steroid dienone is 12. The number of rotatable bonds is 36. The summed E-state index contributed by atoms with van der Waals surface area (Å²) >= 11 is 0. The maximum Gasteiger partial charge on any atom is 0.306 e. The molecule has 0 heterocycles. The Balaban J connectivity index is 4.70. The van der Waals surface area contributed by atoms with Crippen LogP contribution in [0.25, 0.3) is 0 Å². The van der Waals surface area contributed by atoms with E-state index in [0.29, 0.717) is 19.3 Å². The first kappa shape index (κ1) is 49.3. The highest BCUT2D eigenvalue weighted by Crippen LogP contribution is 2.16. The molecule has 0 saturated heterocycles. The molecular weight excluding hydrogens is 647 g/mol. The van der Waals surface area contributed by atoms with Crippen molar-refractivity contribution in [2.24, 2.45) is 0 Å². The molecule has 6 heteroatoms. The number of nitrogens with one attached hydrogen (secondary N) is 1. The van der Waals surface area contributed by atoms with Crippen molar-refractivity contribution in [3.8, 4) is 0 Å². The zero-order valence-corrected chi connectivity index (χ0v) is 33.7. The molecule has 0 aromatic rings. The highest BCUT2D eigenvalue weighted by Gasteiger charge is 2.24. The highest BCUT2D eigenvalue weighted by molar-refractivity contribution is 5.77. The average Bonchev–Trinajstić information content (AvgIpc) is 3.13. The fraction of sp³-hybridized carbons (Fsp3) is 0.696. The molecule has 3 N–H and O–H groups in total. The first-order chi connectivity index (χ1) is 25.5. The van der Waals surface area contributed by atoms with Gasteiger partial charge < -0.3 is 20.3 Å². The van der Waals surface area contributed by atoms with E-state index in [4.69, 9.17) is 4.74 Å². The average molecular weight is 726 g/mol. The maximum atomic E-state index is 13.1. The Morgan fingerprint density at radius 3 is 1.58 bits per heavy atom. The monoisotopic (exact) mass is 726 g/mol. The SMILES string of the molecule is CC/C=C/C=C/C=C\CCCCCCCC(=O)OC(CCCCC\C=C/C=C/C=C/CC)CC(=O)NC(CO)C(O)CCCCCCCCCCC. The molecular formula is C46H79NO5. The molecule has 0 bridgehead atoms. The van der Waals surface area contributed by atoms with Crippen molar-refractivity contribution < 1.29 is 24.5 Å². The Bertz CT molecular complexity index is 995. The summed E-state index contributed by atoms with van der Waals surface area (Å²) in [4.78, 5) is 25.9. The van der Waals surface area contributed by atoms with Crippen LogP contribution in [0, 0.1) is 0 Å². The van der Waals surface area contributed by atoms with Crippen LogP contribution in [0.3, 0.4) is 0 Å². The van der Waals surface area contributed by atoms with E-state index in [1.807, 2.05) is 12.2 Å².